The van der Waals surface area contributed by atoms with Crippen LogP contribution in [0.4, 0.5) is 0 Å². The van der Waals surface area contributed by atoms with E-state index < -0.39 is 20.4 Å². The van der Waals surface area contributed by atoms with Crippen molar-refractivity contribution in [3.8, 4) is 5.75 Å². The van der Waals surface area contributed by atoms with Crippen molar-refractivity contribution < 1.29 is 17.9 Å². The van der Waals surface area contributed by atoms with E-state index >= 15 is 0 Å². The lowest BCUT2D eigenvalue weighted by Gasteiger charge is -2.16. The van der Waals surface area contributed by atoms with Gasteiger partial charge in [0.2, 0.25) is 0 Å². The Morgan fingerprint density at radius 1 is 1.29 bits per heavy atom. The number of fused-ring (bicyclic) bond motifs is 1. The molecule has 0 bridgehead atoms. The molecule has 0 amide bonds. The van der Waals surface area contributed by atoms with Gasteiger partial charge in [-0.25, -0.2) is 8.42 Å². The van der Waals surface area contributed by atoms with Crippen LogP contribution in [0.2, 0.25) is 5.02 Å². The zero-order valence-corrected chi connectivity index (χ0v) is 13.9. The molecule has 0 aliphatic heterocycles. The van der Waals surface area contributed by atoms with Crippen molar-refractivity contribution in [3.05, 3.63) is 23.2 Å². The summed E-state index contributed by atoms with van der Waals surface area (Å²) in [6.45, 7) is 4.99. The van der Waals surface area contributed by atoms with Crippen molar-refractivity contribution in [2.75, 3.05) is 0 Å². The van der Waals surface area contributed by atoms with E-state index in [4.69, 9.17) is 27.0 Å². The minimum absolute atomic E-state index is 0.114. The molecular weight excluding hydrogens is 337 g/mol. The predicted molar refractivity (Wildman–Crippen MR) is 81.4 cm³/mol. The number of nitrogens with one attached hydrogen (secondary N) is 1. The summed E-state index contributed by atoms with van der Waals surface area (Å²) in [5, 5.41) is 0.464. The quantitative estimate of drug-likeness (QED) is 0.662. The molecule has 2 aromatic rings. The third-order valence-electron chi connectivity index (χ3n) is 2.73. The average molecular weight is 350 g/mol. The van der Waals surface area contributed by atoms with Gasteiger partial charge in [-0.15, -0.1) is 0 Å². The highest BCUT2D eigenvalue weighted by Crippen LogP contribution is 2.37. The number of carbonyl (C=O) groups excluding carboxylic acids is 1. The monoisotopic (exact) mass is 349 g/mol. The number of ether oxygens (including phenoxy) is 1. The van der Waals surface area contributed by atoms with Crippen molar-refractivity contribution in [2.24, 2.45) is 5.41 Å². The van der Waals surface area contributed by atoms with Gasteiger partial charge in [0.1, 0.15) is 0 Å². The van der Waals surface area contributed by atoms with Crippen molar-refractivity contribution in [1.82, 2.24) is 4.98 Å². The van der Waals surface area contributed by atoms with Crippen LogP contribution in [0.25, 0.3) is 10.9 Å². The van der Waals surface area contributed by atoms with E-state index in [0.717, 1.165) is 0 Å². The highest BCUT2D eigenvalue weighted by Gasteiger charge is 2.29. The van der Waals surface area contributed by atoms with Crippen LogP contribution in [0, 0.1) is 5.41 Å². The molecule has 1 heterocycles. The van der Waals surface area contributed by atoms with Gasteiger partial charge < -0.3 is 9.72 Å². The summed E-state index contributed by atoms with van der Waals surface area (Å²) < 4.78 is 28.6. The van der Waals surface area contributed by atoms with Gasteiger partial charge in [-0.3, -0.25) is 4.79 Å². The van der Waals surface area contributed by atoms with E-state index in [1.165, 1.54) is 6.07 Å². The van der Waals surface area contributed by atoms with E-state index in [1.807, 2.05) is 0 Å². The molecule has 114 valence electrons. The Morgan fingerprint density at radius 3 is 2.43 bits per heavy atom. The van der Waals surface area contributed by atoms with Crippen LogP contribution >= 0.6 is 22.3 Å². The molecule has 2 rings (SSSR count). The van der Waals surface area contributed by atoms with Gasteiger partial charge in [0.05, 0.1) is 10.9 Å². The molecule has 21 heavy (non-hydrogen) atoms. The van der Waals surface area contributed by atoms with Crippen molar-refractivity contribution in [1.29, 1.82) is 0 Å². The van der Waals surface area contributed by atoms with Gasteiger partial charge >= 0.3 is 5.97 Å². The maximum absolute atomic E-state index is 12.0. The minimum Gasteiger partial charge on any atom is -0.422 e. The number of esters is 1. The zero-order valence-electron chi connectivity index (χ0n) is 11.5. The van der Waals surface area contributed by atoms with Crippen LogP contribution in [0.1, 0.15) is 20.8 Å². The van der Waals surface area contributed by atoms with Crippen molar-refractivity contribution in [2.45, 2.75) is 25.8 Å². The number of rotatable bonds is 2. The topological polar surface area (TPSA) is 76.2 Å². The Labute approximate surface area is 131 Å². The first-order valence-electron chi connectivity index (χ1n) is 5.98. The third kappa shape index (κ3) is 3.33. The lowest BCUT2D eigenvalue weighted by molar-refractivity contribution is -0.143. The Kier molecular flexibility index (Phi) is 3.99. The molecule has 0 saturated carbocycles. The van der Waals surface area contributed by atoms with Gasteiger partial charge in [0, 0.05) is 21.1 Å². The maximum atomic E-state index is 12.0. The second-order valence-corrected chi connectivity index (χ2v) is 8.49. The predicted octanol–water partition coefficient (Wildman–Crippen LogP) is 3.70. The van der Waals surface area contributed by atoms with Crippen molar-refractivity contribution >= 4 is 48.2 Å². The molecule has 0 unspecified atom stereocenters. The summed E-state index contributed by atoms with van der Waals surface area (Å²) >= 11 is 5.86. The number of halogens is 2. The molecule has 0 fully saturated rings. The fourth-order valence-electron chi connectivity index (χ4n) is 1.64. The van der Waals surface area contributed by atoms with Gasteiger partial charge in [-0.2, -0.15) is 0 Å². The molecule has 5 nitrogen and oxygen atoms in total. The first-order chi connectivity index (χ1) is 9.50. The van der Waals surface area contributed by atoms with Crippen LogP contribution in [-0.4, -0.2) is 19.4 Å². The summed E-state index contributed by atoms with van der Waals surface area (Å²) in [4.78, 5) is 14.6. The van der Waals surface area contributed by atoms with Crippen LogP contribution in [0.15, 0.2) is 23.2 Å². The molecule has 0 aliphatic carbocycles. The van der Waals surface area contributed by atoms with E-state index in [9.17, 15) is 13.2 Å². The van der Waals surface area contributed by atoms with Gasteiger partial charge in [0.15, 0.2) is 10.8 Å². The molecule has 0 radical (unpaired) electrons. The molecule has 0 atom stereocenters. The van der Waals surface area contributed by atoms with E-state index in [-0.39, 0.29) is 10.8 Å². The highest BCUT2D eigenvalue weighted by atomic mass is 35.7. The number of benzene rings is 1. The summed E-state index contributed by atoms with van der Waals surface area (Å²) in [6, 6.07) is 4.65. The number of H-pyrrole nitrogens is 1. The zero-order chi connectivity index (χ0) is 16.0. The molecule has 0 aliphatic rings. The highest BCUT2D eigenvalue weighted by molar-refractivity contribution is 8.13. The normalized spacial score (nSPS) is 12.6. The summed E-state index contributed by atoms with van der Waals surface area (Å²) in [5.74, 6) is -0.684. The fourth-order valence-corrected chi connectivity index (χ4v) is 2.74. The van der Waals surface area contributed by atoms with Crippen LogP contribution in [0.3, 0.4) is 0 Å². The lowest BCUT2D eigenvalue weighted by Crippen LogP contribution is -2.25. The largest absolute Gasteiger partial charge is 0.422 e. The second-order valence-electron chi connectivity index (χ2n) is 5.55. The maximum Gasteiger partial charge on any atom is 0.316 e. The number of aromatic amines is 1. The Bertz CT molecular complexity index is 819. The molecule has 1 N–H and O–H groups in total. The molecule has 1 aromatic carbocycles. The number of hydrogen-bond donors (Lipinski definition) is 1. The molecule has 8 heteroatoms. The average Bonchev–Trinajstić information content (AvgIpc) is 2.65. The summed E-state index contributed by atoms with van der Waals surface area (Å²) in [5.41, 5.74) is -0.373. The first-order valence-corrected chi connectivity index (χ1v) is 8.67. The summed E-state index contributed by atoms with van der Waals surface area (Å²) in [7, 11) is 1.29. The van der Waals surface area contributed by atoms with E-state index in [1.54, 1.807) is 32.9 Å². The second kappa shape index (κ2) is 5.19. The smallest absolute Gasteiger partial charge is 0.316 e. The Balaban J connectivity index is 2.67. The third-order valence-corrected chi connectivity index (χ3v) is 4.20. The first kappa shape index (κ1) is 16.1. The van der Waals surface area contributed by atoms with Gasteiger partial charge in [-0.05, 0) is 39.0 Å². The van der Waals surface area contributed by atoms with Crippen molar-refractivity contribution in [3.63, 3.8) is 0 Å². The van der Waals surface area contributed by atoms with Gasteiger partial charge in [-0.1, -0.05) is 11.6 Å². The van der Waals surface area contributed by atoms with Crippen LogP contribution < -0.4 is 4.74 Å². The minimum atomic E-state index is -4.10. The van der Waals surface area contributed by atoms with Gasteiger partial charge in [0.25, 0.3) is 9.05 Å². The van der Waals surface area contributed by atoms with Crippen LogP contribution in [-0.2, 0) is 13.8 Å². The molecule has 0 spiro atoms. The standard InChI is InChI=1S/C13H13Cl2NO4S/c1-13(2,3)12(17)20-10-8-5-4-7(14)6-9(8)16-11(10)21(15,18)19/h4-6,16H,1-3H3. The Morgan fingerprint density at radius 2 is 1.90 bits per heavy atom. The lowest BCUT2D eigenvalue weighted by atomic mass is 9.97. The van der Waals surface area contributed by atoms with E-state index in [0.29, 0.717) is 15.9 Å². The molecule has 0 saturated heterocycles. The molecule has 1 aromatic heterocycles. The van der Waals surface area contributed by atoms with Crippen LogP contribution in [0.5, 0.6) is 5.75 Å². The number of aromatic nitrogens is 1. The number of carbonyl (C=O) groups is 1. The molecular formula is C13H13Cl2NO4S. The number of hydrogen-bond acceptors (Lipinski definition) is 4. The Hall–Kier alpha value is -1.24. The summed E-state index contributed by atoms with van der Waals surface area (Å²) in [6.07, 6.45) is 0. The fraction of sp³-hybridized carbons (Fsp3) is 0.308. The van der Waals surface area contributed by atoms with E-state index in [2.05, 4.69) is 4.98 Å². The SMILES string of the molecule is CC(C)(C)C(=O)Oc1c(S(=O)(=O)Cl)[nH]c2cc(Cl)ccc12.